The molecule has 1 saturated heterocycles. The van der Waals surface area contributed by atoms with E-state index in [0.29, 0.717) is 6.10 Å². The topological polar surface area (TPSA) is 21.8 Å². The Morgan fingerprint density at radius 2 is 1.63 bits per heavy atom. The van der Waals surface area contributed by atoms with Gasteiger partial charge in [0.05, 0.1) is 18.8 Å². The quantitative estimate of drug-likeness (QED) is 0.394. The molecule has 0 aromatic carbocycles. The lowest BCUT2D eigenvalue weighted by Gasteiger charge is -2.29. The highest BCUT2D eigenvalue weighted by molar-refractivity contribution is 4.87. The van der Waals surface area contributed by atoms with Crippen molar-refractivity contribution in [2.75, 3.05) is 13.2 Å². The molecule has 0 amide bonds. The van der Waals surface area contributed by atoms with Crippen molar-refractivity contribution in [1.82, 2.24) is 0 Å². The monoisotopic (exact) mass is 268 g/mol. The number of rotatable bonds is 11. The van der Waals surface area contributed by atoms with E-state index in [2.05, 4.69) is 6.92 Å². The maximum atomic E-state index is 6.23. The van der Waals surface area contributed by atoms with Gasteiger partial charge in [0.15, 0.2) is 0 Å². The van der Waals surface area contributed by atoms with Gasteiger partial charge in [-0.15, -0.1) is 0 Å². The molecule has 0 radical (unpaired) electrons. The molecule has 0 bridgehead atoms. The molecule has 1 aliphatic heterocycles. The first kappa shape index (κ1) is 15.3. The first-order valence-corrected chi connectivity index (χ1v) is 8.60. The van der Waals surface area contributed by atoms with Gasteiger partial charge in [0.25, 0.3) is 0 Å². The van der Waals surface area contributed by atoms with Crippen molar-refractivity contribution in [3.05, 3.63) is 0 Å². The SMILES string of the molecule is CCCCCCCCCC1(OCC2CO2)CCCC1. The molecule has 0 N–H and O–H groups in total. The second-order valence-electron chi connectivity index (χ2n) is 6.53. The Kier molecular flexibility index (Phi) is 6.66. The van der Waals surface area contributed by atoms with E-state index in [-0.39, 0.29) is 5.60 Å². The molecule has 0 aromatic rings. The molecule has 0 spiro atoms. The van der Waals surface area contributed by atoms with Crippen LogP contribution in [-0.2, 0) is 9.47 Å². The molecule has 2 aliphatic rings. The van der Waals surface area contributed by atoms with Crippen molar-refractivity contribution in [3.8, 4) is 0 Å². The molecule has 1 saturated carbocycles. The fourth-order valence-electron chi connectivity index (χ4n) is 3.32. The third-order valence-corrected chi connectivity index (χ3v) is 4.73. The van der Waals surface area contributed by atoms with Crippen LogP contribution in [0.3, 0.4) is 0 Å². The average Bonchev–Trinajstić information content (AvgIpc) is 3.15. The van der Waals surface area contributed by atoms with Crippen LogP contribution >= 0.6 is 0 Å². The highest BCUT2D eigenvalue weighted by Crippen LogP contribution is 2.38. The van der Waals surface area contributed by atoms with Crippen molar-refractivity contribution >= 4 is 0 Å². The smallest absolute Gasteiger partial charge is 0.104 e. The van der Waals surface area contributed by atoms with Crippen molar-refractivity contribution in [2.45, 2.75) is 95.7 Å². The summed E-state index contributed by atoms with van der Waals surface area (Å²) < 4.78 is 11.5. The fourth-order valence-corrected chi connectivity index (χ4v) is 3.32. The van der Waals surface area contributed by atoms with Crippen LogP contribution < -0.4 is 0 Å². The molecular weight excluding hydrogens is 236 g/mol. The summed E-state index contributed by atoms with van der Waals surface area (Å²) in [4.78, 5) is 0. The van der Waals surface area contributed by atoms with Crippen LogP contribution in [0, 0.1) is 0 Å². The molecule has 2 fully saturated rings. The van der Waals surface area contributed by atoms with Gasteiger partial charge in [0.1, 0.15) is 6.10 Å². The van der Waals surface area contributed by atoms with Gasteiger partial charge < -0.3 is 9.47 Å². The molecule has 0 aromatic heterocycles. The first-order chi connectivity index (χ1) is 9.35. The zero-order valence-electron chi connectivity index (χ0n) is 12.8. The van der Waals surface area contributed by atoms with E-state index in [0.717, 1.165) is 13.2 Å². The van der Waals surface area contributed by atoms with Gasteiger partial charge in [-0.2, -0.15) is 0 Å². The van der Waals surface area contributed by atoms with Gasteiger partial charge in [0.2, 0.25) is 0 Å². The normalized spacial score (nSPS) is 24.8. The van der Waals surface area contributed by atoms with E-state index in [1.807, 2.05) is 0 Å². The standard InChI is InChI=1S/C17H32O2/c1-2-3-4-5-6-7-8-11-17(12-9-10-13-17)19-15-16-14-18-16/h16H,2-15H2,1H3. The zero-order valence-corrected chi connectivity index (χ0v) is 12.8. The van der Waals surface area contributed by atoms with Crippen molar-refractivity contribution in [3.63, 3.8) is 0 Å². The minimum absolute atomic E-state index is 0.232. The van der Waals surface area contributed by atoms with Gasteiger partial charge in [-0.1, -0.05) is 64.7 Å². The molecule has 1 aliphatic carbocycles. The van der Waals surface area contributed by atoms with Crippen LogP contribution in [0.1, 0.15) is 84.0 Å². The summed E-state index contributed by atoms with van der Waals surface area (Å²) in [6, 6.07) is 0. The molecule has 2 nitrogen and oxygen atoms in total. The van der Waals surface area contributed by atoms with Gasteiger partial charge in [-0.05, 0) is 19.3 Å². The Morgan fingerprint density at radius 1 is 1.00 bits per heavy atom. The van der Waals surface area contributed by atoms with Gasteiger partial charge in [0, 0.05) is 0 Å². The summed E-state index contributed by atoms with van der Waals surface area (Å²) in [6.45, 7) is 4.05. The van der Waals surface area contributed by atoms with Crippen LogP contribution in [0.4, 0.5) is 0 Å². The molecule has 2 heteroatoms. The summed E-state index contributed by atoms with van der Waals surface area (Å²) in [7, 11) is 0. The third kappa shape index (κ3) is 5.83. The number of hydrogen-bond donors (Lipinski definition) is 0. The molecule has 1 atom stereocenters. The summed E-state index contributed by atoms with van der Waals surface area (Å²) in [6.07, 6.45) is 16.8. The number of hydrogen-bond acceptors (Lipinski definition) is 2. The predicted octanol–water partition coefficient (Wildman–Crippen LogP) is 4.86. The van der Waals surface area contributed by atoms with Crippen LogP contribution in [0.5, 0.6) is 0 Å². The second kappa shape index (κ2) is 8.26. The van der Waals surface area contributed by atoms with Crippen molar-refractivity contribution < 1.29 is 9.47 Å². The molecular formula is C17H32O2. The van der Waals surface area contributed by atoms with E-state index in [1.54, 1.807) is 0 Å². The van der Waals surface area contributed by atoms with Crippen LogP contribution in [0.15, 0.2) is 0 Å². The van der Waals surface area contributed by atoms with E-state index in [4.69, 9.17) is 9.47 Å². The molecule has 112 valence electrons. The van der Waals surface area contributed by atoms with E-state index >= 15 is 0 Å². The molecule has 19 heavy (non-hydrogen) atoms. The van der Waals surface area contributed by atoms with E-state index in [1.165, 1.54) is 77.0 Å². The van der Waals surface area contributed by atoms with E-state index in [9.17, 15) is 0 Å². The van der Waals surface area contributed by atoms with E-state index < -0.39 is 0 Å². The molecule has 2 rings (SSSR count). The lowest BCUT2D eigenvalue weighted by Crippen LogP contribution is -2.30. The van der Waals surface area contributed by atoms with Gasteiger partial charge >= 0.3 is 0 Å². The molecule has 1 unspecified atom stereocenters. The largest absolute Gasteiger partial charge is 0.372 e. The maximum Gasteiger partial charge on any atom is 0.104 e. The summed E-state index contributed by atoms with van der Waals surface area (Å²) >= 11 is 0. The highest BCUT2D eigenvalue weighted by atomic mass is 16.6. The molecule has 1 heterocycles. The Labute approximate surface area is 119 Å². The third-order valence-electron chi connectivity index (χ3n) is 4.73. The van der Waals surface area contributed by atoms with Crippen molar-refractivity contribution in [1.29, 1.82) is 0 Å². The Morgan fingerprint density at radius 3 is 2.26 bits per heavy atom. The van der Waals surface area contributed by atoms with Gasteiger partial charge in [-0.25, -0.2) is 0 Å². The Bertz CT molecular complexity index is 229. The minimum Gasteiger partial charge on any atom is -0.372 e. The Hall–Kier alpha value is -0.0800. The Balaban J connectivity index is 1.54. The second-order valence-corrected chi connectivity index (χ2v) is 6.53. The van der Waals surface area contributed by atoms with Crippen LogP contribution in [0.25, 0.3) is 0 Å². The zero-order chi connectivity index (χ0) is 13.4. The summed E-state index contributed by atoms with van der Waals surface area (Å²) in [5, 5.41) is 0. The highest BCUT2D eigenvalue weighted by Gasteiger charge is 2.36. The average molecular weight is 268 g/mol. The number of ether oxygens (including phenoxy) is 2. The van der Waals surface area contributed by atoms with Crippen LogP contribution in [0.2, 0.25) is 0 Å². The summed E-state index contributed by atoms with van der Waals surface area (Å²) in [5.74, 6) is 0. The maximum absolute atomic E-state index is 6.23. The van der Waals surface area contributed by atoms with Gasteiger partial charge in [-0.3, -0.25) is 0 Å². The lowest BCUT2D eigenvalue weighted by molar-refractivity contribution is -0.0537. The number of unbranched alkanes of at least 4 members (excludes halogenated alkanes) is 6. The summed E-state index contributed by atoms with van der Waals surface area (Å²) in [5.41, 5.74) is 0.232. The fraction of sp³-hybridized carbons (Fsp3) is 1.00. The van der Waals surface area contributed by atoms with Crippen molar-refractivity contribution in [2.24, 2.45) is 0 Å². The minimum atomic E-state index is 0.232. The first-order valence-electron chi connectivity index (χ1n) is 8.60. The number of epoxide rings is 1. The predicted molar refractivity (Wildman–Crippen MR) is 79.5 cm³/mol. The van der Waals surface area contributed by atoms with Crippen LogP contribution in [-0.4, -0.2) is 24.9 Å². The lowest BCUT2D eigenvalue weighted by atomic mass is 9.93.